The molecule has 3 rings (SSSR count). The van der Waals surface area contributed by atoms with Crippen LogP contribution in [0.4, 0.5) is 8.78 Å². The fourth-order valence-electron chi connectivity index (χ4n) is 2.68. The molecular weight excluding hydrogens is 348 g/mol. The highest BCUT2D eigenvalue weighted by molar-refractivity contribution is 7.71. The number of rotatable bonds is 4. The first-order chi connectivity index (χ1) is 12.0. The maximum absolute atomic E-state index is 13.6. The molecular formula is C17H15F2N3O2S. The van der Waals surface area contributed by atoms with Gasteiger partial charge in [-0.15, -0.1) is 0 Å². The van der Waals surface area contributed by atoms with Crippen LogP contribution in [0, 0.1) is 4.77 Å². The lowest BCUT2D eigenvalue weighted by Gasteiger charge is -2.13. The summed E-state index contributed by atoms with van der Waals surface area (Å²) in [4.78, 5) is 19.1. The van der Waals surface area contributed by atoms with Gasteiger partial charge in [0.05, 0.1) is 18.2 Å². The Kier molecular flexibility index (Phi) is 4.63. The molecule has 0 bridgehead atoms. The summed E-state index contributed by atoms with van der Waals surface area (Å²) in [7, 11) is 1.54. The molecule has 0 aliphatic rings. The fourth-order valence-corrected chi connectivity index (χ4v) is 2.99. The first kappa shape index (κ1) is 17.2. The first-order valence-corrected chi connectivity index (χ1v) is 7.97. The van der Waals surface area contributed by atoms with Gasteiger partial charge < -0.3 is 9.30 Å². The van der Waals surface area contributed by atoms with Crippen LogP contribution < -0.4 is 10.3 Å². The van der Waals surface area contributed by atoms with Crippen LogP contribution in [0.1, 0.15) is 18.9 Å². The number of H-pyrrole nitrogens is 1. The third-order valence-electron chi connectivity index (χ3n) is 3.92. The van der Waals surface area contributed by atoms with E-state index in [0.717, 1.165) is 0 Å². The predicted molar refractivity (Wildman–Crippen MR) is 93.8 cm³/mol. The molecule has 8 heteroatoms. The highest BCUT2D eigenvalue weighted by Crippen LogP contribution is 2.30. The third-order valence-corrected chi connectivity index (χ3v) is 4.24. The molecule has 1 N–H and O–H groups in total. The summed E-state index contributed by atoms with van der Waals surface area (Å²) in [5.74, 6) is 0.645. The van der Waals surface area contributed by atoms with Gasteiger partial charge in [0.15, 0.2) is 4.77 Å². The van der Waals surface area contributed by atoms with E-state index in [1.807, 2.05) is 0 Å². The van der Waals surface area contributed by atoms with Crippen LogP contribution >= 0.6 is 12.2 Å². The molecule has 0 radical (unpaired) electrons. The van der Waals surface area contributed by atoms with Crippen molar-refractivity contribution in [2.75, 3.05) is 7.11 Å². The van der Waals surface area contributed by atoms with Crippen molar-refractivity contribution in [3.63, 3.8) is 0 Å². The van der Waals surface area contributed by atoms with Gasteiger partial charge in [-0.1, -0.05) is 0 Å². The number of nitrogens with one attached hydrogen (secondary N) is 1. The zero-order valence-corrected chi connectivity index (χ0v) is 14.4. The third kappa shape index (κ3) is 3.05. The van der Waals surface area contributed by atoms with E-state index in [9.17, 15) is 13.6 Å². The molecule has 0 atom stereocenters. The van der Waals surface area contributed by atoms with Crippen molar-refractivity contribution in [2.24, 2.45) is 0 Å². The van der Waals surface area contributed by atoms with Crippen molar-refractivity contribution in [3.05, 3.63) is 51.0 Å². The Balaban J connectivity index is 2.38. The number of aromatic amines is 1. The Hall–Kier alpha value is -2.61. The van der Waals surface area contributed by atoms with Crippen LogP contribution in [-0.2, 0) is 6.54 Å². The Bertz CT molecular complexity index is 1040. The molecule has 2 aromatic heterocycles. The van der Waals surface area contributed by atoms with Gasteiger partial charge in [-0.05, 0) is 49.5 Å². The number of alkyl halides is 2. The summed E-state index contributed by atoms with van der Waals surface area (Å²) in [5.41, 5.74) is 0.106. The lowest BCUT2D eigenvalue weighted by molar-refractivity contribution is 0.153. The highest BCUT2D eigenvalue weighted by Gasteiger charge is 2.20. The van der Waals surface area contributed by atoms with Gasteiger partial charge in [0, 0.05) is 17.7 Å². The van der Waals surface area contributed by atoms with Crippen molar-refractivity contribution in [2.45, 2.75) is 19.9 Å². The largest absolute Gasteiger partial charge is 0.497 e. The second kappa shape index (κ2) is 6.72. The molecule has 1 aromatic carbocycles. The number of hydrogen-bond acceptors (Lipinski definition) is 4. The number of fused-ring (bicyclic) bond motifs is 1. The van der Waals surface area contributed by atoms with E-state index in [1.54, 1.807) is 38.3 Å². The van der Waals surface area contributed by atoms with Gasteiger partial charge in [-0.2, -0.15) is 0 Å². The minimum absolute atomic E-state index is 0.136. The first-order valence-electron chi connectivity index (χ1n) is 7.56. The molecule has 5 nitrogen and oxygen atoms in total. The number of halogens is 2. The van der Waals surface area contributed by atoms with E-state index in [-0.39, 0.29) is 21.4 Å². The van der Waals surface area contributed by atoms with E-state index in [0.29, 0.717) is 23.6 Å². The zero-order valence-electron chi connectivity index (χ0n) is 13.5. The number of aryl methyl sites for hydroxylation is 1. The Morgan fingerprint density at radius 1 is 1.32 bits per heavy atom. The average molecular weight is 363 g/mol. The minimum atomic E-state index is -2.81. The lowest BCUT2D eigenvalue weighted by atomic mass is 10.1. The molecule has 0 amide bonds. The van der Waals surface area contributed by atoms with Gasteiger partial charge >= 0.3 is 0 Å². The van der Waals surface area contributed by atoms with Crippen LogP contribution in [0.15, 0.2) is 35.1 Å². The molecule has 0 saturated carbocycles. The number of hydrogen-bond donors (Lipinski definition) is 1. The second-order valence-electron chi connectivity index (χ2n) is 5.33. The number of benzene rings is 1. The second-order valence-corrected chi connectivity index (χ2v) is 5.71. The SMILES string of the molecule is CCn1c(=S)[nH]c(=O)c2c(C(F)F)cc(-c3ccc(OC)cc3)nc21. The lowest BCUT2D eigenvalue weighted by Crippen LogP contribution is -2.17. The molecule has 0 aliphatic carbocycles. The number of aromatic nitrogens is 3. The van der Waals surface area contributed by atoms with Crippen LogP contribution in [0.2, 0.25) is 0 Å². The van der Waals surface area contributed by atoms with E-state index < -0.39 is 12.0 Å². The molecule has 0 fully saturated rings. The van der Waals surface area contributed by atoms with E-state index in [2.05, 4.69) is 9.97 Å². The zero-order chi connectivity index (χ0) is 18.1. The molecule has 130 valence electrons. The Morgan fingerprint density at radius 2 is 2.00 bits per heavy atom. The number of ether oxygens (including phenoxy) is 1. The molecule has 0 spiro atoms. The number of methoxy groups -OCH3 is 1. The maximum atomic E-state index is 13.6. The summed E-state index contributed by atoms with van der Waals surface area (Å²) >= 11 is 5.13. The van der Waals surface area contributed by atoms with Crippen molar-refractivity contribution in [1.29, 1.82) is 0 Å². The van der Waals surface area contributed by atoms with E-state index in [1.165, 1.54) is 10.6 Å². The smallest absolute Gasteiger partial charge is 0.264 e. The van der Waals surface area contributed by atoms with Gasteiger partial charge in [0.2, 0.25) is 0 Å². The molecule has 3 aromatic rings. The molecule has 0 aliphatic heterocycles. The normalized spacial score (nSPS) is 11.2. The Labute approximate surface area is 146 Å². The van der Waals surface area contributed by atoms with Crippen molar-refractivity contribution < 1.29 is 13.5 Å². The number of nitrogens with zero attached hydrogens (tertiary/aromatic N) is 2. The maximum Gasteiger partial charge on any atom is 0.264 e. The Morgan fingerprint density at radius 3 is 2.56 bits per heavy atom. The van der Waals surface area contributed by atoms with E-state index in [4.69, 9.17) is 17.0 Å². The van der Waals surface area contributed by atoms with Gasteiger partial charge in [0.1, 0.15) is 11.4 Å². The van der Waals surface area contributed by atoms with Gasteiger partial charge in [0.25, 0.3) is 12.0 Å². The quantitative estimate of drug-likeness (QED) is 0.710. The summed E-state index contributed by atoms with van der Waals surface area (Å²) in [5, 5.41) is -0.136. The van der Waals surface area contributed by atoms with Crippen molar-refractivity contribution >= 4 is 23.3 Å². The number of pyridine rings is 1. The highest BCUT2D eigenvalue weighted by atomic mass is 32.1. The molecule has 2 heterocycles. The van der Waals surface area contributed by atoms with E-state index >= 15 is 0 Å². The van der Waals surface area contributed by atoms with Crippen molar-refractivity contribution in [1.82, 2.24) is 14.5 Å². The topological polar surface area (TPSA) is 59.9 Å². The van der Waals surface area contributed by atoms with Gasteiger partial charge in [-0.25, -0.2) is 13.8 Å². The predicted octanol–water partition coefficient (Wildman–Crippen LogP) is 4.09. The summed E-state index contributed by atoms with van der Waals surface area (Å²) < 4.78 is 34.0. The fraction of sp³-hybridized carbons (Fsp3) is 0.235. The van der Waals surface area contributed by atoms with Crippen LogP contribution in [0.3, 0.4) is 0 Å². The van der Waals surface area contributed by atoms with Crippen LogP contribution in [-0.4, -0.2) is 21.6 Å². The monoisotopic (exact) mass is 363 g/mol. The minimum Gasteiger partial charge on any atom is -0.497 e. The summed E-state index contributed by atoms with van der Waals surface area (Å²) in [6.45, 7) is 2.20. The standard InChI is InChI=1S/C17H15F2N3O2S/c1-3-22-15-13(16(23)21-17(22)25)11(14(18)19)8-12(20-15)9-4-6-10(24-2)7-5-9/h4-8,14H,3H2,1-2H3,(H,21,23,25). The average Bonchev–Trinajstić information content (AvgIpc) is 2.61. The van der Waals surface area contributed by atoms with Crippen LogP contribution in [0.25, 0.3) is 22.3 Å². The molecule has 0 saturated heterocycles. The summed E-state index contributed by atoms with van der Waals surface area (Å²) in [6.07, 6.45) is -2.81. The van der Waals surface area contributed by atoms with Crippen LogP contribution in [0.5, 0.6) is 5.75 Å². The van der Waals surface area contributed by atoms with Gasteiger partial charge in [-0.3, -0.25) is 9.78 Å². The molecule has 0 unspecified atom stereocenters. The summed E-state index contributed by atoms with van der Waals surface area (Å²) in [6, 6.07) is 8.12. The van der Waals surface area contributed by atoms with Crippen molar-refractivity contribution in [3.8, 4) is 17.0 Å². The molecule has 25 heavy (non-hydrogen) atoms.